The third kappa shape index (κ3) is 3.91. The molecule has 0 radical (unpaired) electrons. The van der Waals surface area contributed by atoms with Crippen LogP contribution in [0, 0.1) is 10.1 Å². The molecular weight excluding hydrogens is 258 g/mol. The van der Waals surface area contributed by atoms with Crippen molar-refractivity contribution in [1.82, 2.24) is 4.72 Å². The third-order valence-corrected chi connectivity index (χ3v) is 3.49. The van der Waals surface area contributed by atoms with Crippen LogP contribution in [0.15, 0.2) is 41.3 Å². The van der Waals surface area contributed by atoms with E-state index in [1.807, 2.05) is 0 Å². The first kappa shape index (κ1) is 14.3. The molecule has 8 heteroatoms. The number of rotatable bonds is 6. The van der Waals surface area contributed by atoms with E-state index in [0.717, 1.165) is 12.1 Å². The van der Waals surface area contributed by atoms with Crippen LogP contribution in [0.5, 0.6) is 0 Å². The molecule has 0 fully saturated rings. The summed E-state index contributed by atoms with van der Waals surface area (Å²) in [5, 5.41) is 10.4. The molecule has 0 spiro atoms. The van der Waals surface area contributed by atoms with E-state index in [9.17, 15) is 18.5 Å². The zero-order valence-electron chi connectivity index (χ0n) is 9.44. The highest BCUT2D eigenvalue weighted by Crippen LogP contribution is 2.15. The Balaban J connectivity index is 2.79. The highest BCUT2D eigenvalue weighted by Gasteiger charge is 2.14. The molecule has 1 rings (SSSR count). The Morgan fingerprint density at radius 3 is 2.39 bits per heavy atom. The minimum Gasteiger partial charge on any atom is -0.327 e. The summed E-state index contributed by atoms with van der Waals surface area (Å²) in [7, 11) is -3.65. The lowest BCUT2D eigenvalue weighted by molar-refractivity contribution is -0.384. The third-order valence-electron chi connectivity index (χ3n) is 2.05. The summed E-state index contributed by atoms with van der Waals surface area (Å²) in [6.45, 7) is 0.454. The van der Waals surface area contributed by atoms with Gasteiger partial charge in [0.2, 0.25) is 10.0 Å². The molecule has 3 N–H and O–H groups in total. The van der Waals surface area contributed by atoms with Gasteiger partial charge in [0.15, 0.2) is 0 Å². The predicted octanol–water partition coefficient (Wildman–Crippen LogP) is 0.388. The molecule has 0 saturated carbocycles. The number of hydrogen-bond donors (Lipinski definition) is 2. The summed E-state index contributed by atoms with van der Waals surface area (Å²) in [6, 6.07) is 4.66. The van der Waals surface area contributed by atoms with Crippen molar-refractivity contribution in [2.75, 3.05) is 13.1 Å². The molecule has 0 atom stereocenters. The highest BCUT2D eigenvalue weighted by molar-refractivity contribution is 7.89. The SMILES string of the molecule is NC/C=C/CNS(=O)(=O)c1ccc([N+](=O)[O-])cc1. The second-order valence-electron chi connectivity index (χ2n) is 3.31. The van der Waals surface area contributed by atoms with Gasteiger partial charge in [-0.2, -0.15) is 0 Å². The quantitative estimate of drug-likeness (QED) is 0.441. The summed E-state index contributed by atoms with van der Waals surface area (Å²) < 4.78 is 25.8. The van der Waals surface area contributed by atoms with E-state index in [1.165, 1.54) is 12.1 Å². The largest absolute Gasteiger partial charge is 0.327 e. The molecule has 0 heterocycles. The van der Waals surface area contributed by atoms with Crippen molar-refractivity contribution in [3.05, 3.63) is 46.5 Å². The van der Waals surface area contributed by atoms with Gasteiger partial charge in [-0.1, -0.05) is 12.2 Å². The Kier molecular flexibility index (Phi) is 4.95. The Labute approximate surface area is 105 Å². The molecule has 0 aliphatic carbocycles. The maximum absolute atomic E-state index is 11.7. The summed E-state index contributed by atoms with van der Waals surface area (Å²) in [4.78, 5) is 9.82. The van der Waals surface area contributed by atoms with E-state index in [0.29, 0.717) is 6.54 Å². The lowest BCUT2D eigenvalue weighted by Gasteiger charge is -2.03. The molecule has 0 aromatic heterocycles. The van der Waals surface area contributed by atoms with E-state index >= 15 is 0 Å². The van der Waals surface area contributed by atoms with Gasteiger partial charge in [0, 0.05) is 25.2 Å². The lowest BCUT2D eigenvalue weighted by atomic mass is 10.3. The number of nitrogens with one attached hydrogen (secondary N) is 1. The van der Waals surface area contributed by atoms with Crippen molar-refractivity contribution in [2.45, 2.75) is 4.90 Å². The number of sulfonamides is 1. The summed E-state index contributed by atoms with van der Waals surface area (Å²) in [5.74, 6) is 0. The van der Waals surface area contributed by atoms with Crippen LogP contribution in [-0.2, 0) is 10.0 Å². The molecule has 0 aliphatic rings. The monoisotopic (exact) mass is 271 g/mol. The maximum Gasteiger partial charge on any atom is 0.269 e. The lowest BCUT2D eigenvalue weighted by Crippen LogP contribution is -2.23. The van der Waals surface area contributed by atoms with Crippen molar-refractivity contribution < 1.29 is 13.3 Å². The molecule has 98 valence electrons. The van der Waals surface area contributed by atoms with E-state index < -0.39 is 14.9 Å². The van der Waals surface area contributed by atoms with Gasteiger partial charge in [-0.3, -0.25) is 10.1 Å². The molecule has 0 amide bonds. The standard InChI is InChI=1S/C10H13N3O4S/c11-7-1-2-8-12-18(16,17)10-5-3-9(4-6-10)13(14)15/h1-6,12H,7-8,11H2/b2-1+. The Bertz CT molecular complexity index is 537. The van der Waals surface area contributed by atoms with Crippen LogP contribution >= 0.6 is 0 Å². The zero-order valence-corrected chi connectivity index (χ0v) is 10.3. The minimum absolute atomic E-state index is 0.0192. The number of nitro benzene ring substituents is 1. The first-order valence-electron chi connectivity index (χ1n) is 5.06. The van der Waals surface area contributed by atoms with Crippen molar-refractivity contribution in [1.29, 1.82) is 0 Å². The maximum atomic E-state index is 11.7. The second-order valence-corrected chi connectivity index (χ2v) is 5.08. The molecule has 0 aliphatic heterocycles. The van der Waals surface area contributed by atoms with E-state index in [4.69, 9.17) is 5.73 Å². The normalized spacial score (nSPS) is 11.8. The Hall–Kier alpha value is -1.77. The highest BCUT2D eigenvalue weighted by atomic mass is 32.2. The van der Waals surface area contributed by atoms with Crippen molar-refractivity contribution >= 4 is 15.7 Å². The molecule has 1 aromatic rings. The van der Waals surface area contributed by atoms with Gasteiger partial charge < -0.3 is 5.73 Å². The number of non-ortho nitro benzene ring substituents is 1. The average molecular weight is 271 g/mol. The fraction of sp³-hybridized carbons (Fsp3) is 0.200. The van der Waals surface area contributed by atoms with Crippen LogP contribution in [-0.4, -0.2) is 26.4 Å². The van der Waals surface area contributed by atoms with Crippen molar-refractivity contribution in [3.8, 4) is 0 Å². The Morgan fingerprint density at radius 1 is 1.28 bits per heavy atom. The van der Waals surface area contributed by atoms with E-state index in [2.05, 4.69) is 4.72 Å². The molecule has 0 saturated heterocycles. The minimum atomic E-state index is -3.65. The van der Waals surface area contributed by atoms with Gasteiger partial charge in [0.25, 0.3) is 5.69 Å². The number of hydrogen-bond acceptors (Lipinski definition) is 5. The van der Waals surface area contributed by atoms with Gasteiger partial charge in [-0.25, -0.2) is 13.1 Å². The fourth-order valence-electron chi connectivity index (χ4n) is 1.17. The van der Waals surface area contributed by atoms with Crippen LogP contribution in [0.4, 0.5) is 5.69 Å². The van der Waals surface area contributed by atoms with Crippen LogP contribution in [0.25, 0.3) is 0 Å². The van der Waals surface area contributed by atoms with Crippen LogP contribution in [0.2, 0.25) is 0 Å². The number of benzene rings is 1. The molecule has 0 unspecified atom stereocenters. The number of nitrogens with two attached hydrogens (primary N) is 1. The summed E-state index contributed by atoms with van der Waals surface area (Å²) in [6.07, 6.45) is 3.21. The van der Waals surface area contributed by atoms with E-state index in [-0.39, 0.29) is 17.1 Å². The zero-order chi connectivity index (χ0) is 13.6. The number of nitro groups is 1. The first-order chi connectivity index (χ1) is 8.47. The smallest absolute Gasteiger partial charge is 0.269 e. The van der Waals surface area contributed by atoms with Gasteiger partial charge in [0.05, 0.1) is 9.82 Å². The van der Waals surface area contributed by atoms with Gasteiger partial charge >= 0.3 is 0 Å². The summed E-state index contributed by atoms with van der Waals surface area (Å²) in [5.41, 5.74) is 5.05. The first-order valence-corrected chi connectivity index (χ1v) is 6.55. The van der Waals surface area contributed by atoms with Gasteiger partial charge in [-0.15, -0.1) is 0 Å². The van der Waals surface area contributed by atoms with Crippen molar-refractivity contribution in [3.63, 3.8) is 0 Å². The van der Waals surface area contributed by atoms with Crippen LogP contribution < -0.4 is 10.5 Å². The predicted molar refractivity (Wildman–Crippen MR) is 66.5 cm³/mol. The molecule has 7 nitrogen and oxygen atoms in total. The Morgan fingerprint density at radius 2 is 1.89 bits per heavy atom. The molecule has 1 aromatic carbocycles. The second kappa shape index (κ2) is 6.24. The average Bonchev–Trinajstić information content (AvgIpc) is 2.35. The molecule has 18 heavy (non-hydrogen) atoms. The fourth-order valence-corrected chi connectivity index (χ4v) is 2.14. The van der Waals surface area contributed by atoms with E-state index in [1.54, 1.807) is 12.2 Å². The van der Waals surface area contributed by atoms with Gasteiger partial charge in [-0.05, 0) is 12.1 Å². The van der Waals surface area contributed by atoms with Crippen molar-refractivity contribution in [2.24, 2.45) is 5.73 Å². The topological polar surface area (TPSA) is 115 Å². The molecule has 0 bridgehead atoms. The van der Waals surface area contributed by atoms with Crippen LogP contribution in [0.3, 0.4) is 0 Å². The van der Waals surface area contributed by atoms with Crippen LogP contribution in [0.1, 0.15) is 0 Å². The molecular formula is C10H13N3O4S. The number of nitrogens with zero attached hydrogens (tertiary/aromatic N) is 1. The van der Waals surface area contributed by atoms with Gasteiger partial charge in [0.1, 0.15) is 0 Å². The summed E-state index contributed by atoms with van der Waals surface area (Å²) >= 11 is 0.